The van der Waals surface area contributed by atoms with Crippen LogP contribution >= 0.6 is 0 Å². The third kappa shape index (κ3) is 3.28. The minimum Gasteiger partial charge on any atom is -0.313 e. The van der Waals surface area contributed by atoms with Gasteiger partial charge in [-0.05, 0) is 37.4 Å². The molecule has 0 spiro atoms. The Morgan fingerprint density at radius 1 is 1.20 bits per heavy atom. The molecule has 2 rings (SSSR count). The lowest BCUT2D eigenvalue weighted by atomic mass is 9.97. The molecule has 108 valence electrons. The highest BCUT2D eigenvalue weighted by atomic mass is 15.2. The van der Waals surface area contributed by atoms with E-state index in [4.69, 9.17) is 0 Å². The number of nitrogens with zero attached hydrogens (tertiary/aromatic N) is 2. The lowest BCUT2D eigenvalue weighted by Crippen LogP contribution is -2.14. The number of benzene rings is 1. The standard InChI is InChI=1S/C17H25N3/c1-5-9-18-11-14-8-7-13(3)10-15(14)16-12-20(4)19-17(16)6-2/h7-8,10,12,18H,5-6,9,11H2,1-4H3. The topological polar surface area (TPSA) is 29.9 Å². The zero-order chi connectivity index (χ0) is 14.5. The molecule has 1 heterocycles. The quantitative estimate of drug-likeness (QED) is 0.815. The molecule has 0 radical (unpaired) electrons. The van der Waals surface area contributed by atoms with Crippen LogP contribution in [0.1, 0.15) is 37.1 Å². The Labute approximate surface area is 122 Å². The van der Waals surface area contributed by atoms with E-state index in [0.29, 0.717) is 0 Å². The molecule has 0 saturated carbocycles. The minimum atomic E-state index is 0.918. The van der Waals surface area contributed by atoms with Crippen LogP contribution in [0.3, 0.4) is 0 Å². The van der Waals surface area contributed by atoms with Crippen LogP contribution in [0.4, 0.5) is 0 Å². The number of rotatable bonds is 6. The fourth-order valence-electron chi connectivity index (χ4n) is 2.52. The van der Waals surface area contributed by atoms with E-state index >= 15 is 0 Å². The molecule has 3 heteroatoms. The van der Waals surface area contributed by atoms with Gasteiger partial charge in [0.25, 0.3) is 0 Å². The first-order chi connectivity index (χ1) is 9.65. The van der Waals surface area contributed by atoms with Crippen LogP contribution in [-0.2, 0) is 20.0 Å². The van der Waals surface area contributed by atoms with E-state index in [9.17, 15) is 0 Å². The van der Waals surface area contributed by atoms with E-state index in [0.717, 1.165) is 25.9 Å². The molecule has 0 aliphatic heterocycles. The molecule has 0 unspecified atom stereocenters. The first kappa shape index (κ1) is 14.8. The Morgan fingerprint density at radius 2 is 2.00 bits per heavy atom. The third-order valence-electron chi connectivity index (χ3n) is 3.54. The van der Waals surface area contributed by atoms with Crippen molar-refractivity contribution in [2.45, 2.75) is 40.2 Å². The molecule has 1 aromatic heterocycles. The van der Waals surface area contributed by atoms with Gasteiger partial charge in [-0.3, -0.25) is 4.68 Å². The molecule has 0 fully saturated rings. The van der Waals surface area contributed by atoms with Crippen LogP contribution in [0.15, 0.2) is 24.4 Å². The van der Waals surface area contributed by atoms with E-state index in [1.807, 2.05) is 11.7 Å². The molecule has 0 bridgehead atoms. The number of aryl methyl sites for hydroxylation is 3. The zero-order valence-electron chi connectivity index (χ0n) is 13.0. The summed E-state index contributed by atoms with van der Waals surface area (Å²) in [6.07, 6.45) is 4.26. The molecule has 1 N–H and O–H groups in total. The van der Waals surface area contributed by atoms with Crippen molar-refractivity contribution in [2.75, 3.05) is 6.54 Å². The highest BCUT2D eigenvalue weighted by Crippen LogP contribution is 2.28. The number of nitrogens with one attached hydrogen (secondary N) is 1. The predicted molar refractivity (Wildman–Crippen MR) is 84.8 cm³/mol. The molecule has 0 amide bonds. The van der Waals surface area contributed by atoms with Crippen molar-refractivity contribution in [1.29, 1.82) is 0 Å². The first-order valence-corrected chi connectivity index (χ1v) is 7.48. The van der Waals surface area contributed by atoms with Gasteiger partial charge in [-0.1, -0.05) is 37.6 Å². The molecule has 0 aliphatic carbocycles. The summed E-state index contributed by atoms with van der Waals surface area (Å²) in [6.45, 7) is 8.48. The van der Waals surface area contributed by atoms with E-state index in [1.165, 1.54) is 27.9 Å². The number of hydrogen-bond acceptors (Lipinski definition) is 2. The predicted octanol–water partition coefficient (Wildman–Crippen LogP) is 3.46. The second kappa shape index (κ2) is 6.71. The second-order valence-electron chi connectivity index (χ2n) is 5.35. The van der Waals surface area contributed by atoms with Crippen molar-refractivity contribution in [3.63, 3.8) is 0 Å². The first-order valence-electron chi connectivity index (χ1n) is 7.48. The van der Waals surface area contributed by atoms with Gasteiger partial charge in [0.1, 0.15) is 0 Å². The van der Waals surface area contributed by atoms with Gasteiger partial charge in [0.15, 0.2) is 0 Å². The number of hydrogen-bond donors (Lipinski definition) is 1. The van der Waals surface area contributed by atoms with Crippen LogP contribution < -0.4 is 5.32 Å². The third-order valence-corrected chi connectivity index (χ3v) is 3.54. The van der Waals surface area contributed by atoms with E-state index in [1.54, 1.807) is 0 Å². The van der Waals surface area contributed by atoms with Gasteiger partial charge in [0, 0.05) is 25.4 Å². The Morgan fingerprint density at radius 3 is 2.70 bits per heavy atom. The lowest BCUT2D eigenvalue weighted by molar-refractivity contribution is 0.676. The summed E-state index contributed by atoms with van der Waals surface area (Å²) in [5.74, 6) is 0. The van der Waals surface area contributed by atoms with Crippen molar-refractivity contribution in [3.8, 4) is 11.1 Å². The molecule has 0 saturated heterocycles. The summed E-state index contributed by atoms with van der Waals surface area (Å²) in [5.41, 5.74) is 6.41. The zero-order valence-corrected chi connectivity index (χ0v) is 13.0. The summed E-state index contributed by atoms with van der Waals surface area (Å²) >= 11 is 0. The summed E-state index contributed by atoms with van der Waals surface area (Å²) in [5, 5.41) is 8.07. The minimum absolute atomic E-state index is 0.918. The average molecular weight is 271 g/mol. The molecule has 2 aromatic rings. The van der Waals surface area contributed by atoms with E-state index in [2.05, 4.69) is 55.6 Å². The molecule has 0 atom stereocenters. The lowest BCUT2D eigenvalue weighted by Gasteiger charge is -2.11. The van der Waals surface area contributed by atoms with Gasteiger partial charge in [-0.25, -0.2) is 0 Å². The van der Waals surface area contributed by atoms with Crippen LogP contribution in [0.25, 0.3) is 11.1 Å². The molecule has 0 aliphatic rings. The fourth-order valence-corrected chi connectivity index (χ4v) is 2.52. The van der Waals surface area contributed by atoms with Crippen molar-refractivity contribution in [2.24, 2.45) is 7.05 Å². The van der Waals surface area contributed by atoms with Crippen molar-refractivity contribution in [3.05, 3.63) is 41.2 Å². The van der Waals surface area contributed by atoms with Crippen LogP contribution in [-0.4, -0.2) is 16.3 Å². The molecule has 20 heavy (non-hydrogen) atoms. The highest BCUT2D eigenvalue weighted by Gasteiger charge is 2.12. The highest BCUT2D eigenvalue weighted by molar-refractivity contribution is 5.70. The smallest absolute Gasteiger partial charge is 0.0700 e. The monoisotopic (exact) mass is 271 g/mol. The van der Waals surface area contributed by atoms with Crippen LogP contribution in [0, 0.1) is 6.92 Å². The molecular formula is C17H25N3. The van der Waals surface area contributed by atoms with Crippen LogP contribution in [0.2, 0.25) is 0 Å². The molecule has 1 aromatic carbocycles. The van der Waals surface area contributed by atoms with Gasteiger partial charge >= 0.3 is 0 Å². The molecule has 3 nitrogen and oxygen atoms in total. The Bertz CT molecular complexity index is 570. The van der Waals surface area contributed by atoms with Gasteiger partial charge in [0.2, 0.25) is 0 Å². The van der Waals surface area contributed by atoms with E-state index < -0.39 is 0 Å². The van der Waals surface area contributed by atoms with E-state index in [-0.39, 0.29) is 0 Å². The van der Waals surface area contributed by atoms with Gasteiger partial charge in [-0.2, -0.15) is 5.10 Å². The summed E-state index contributed by atoms with van der Waals surface area (Å²) in [6, 6.07) is 6.70. The van der Waals surface area contributed by atoms with Gasteiger partial charge in [-0.15, -0.1) is 0 Å². The average Bonchev–Trinajstić information content (AvgIpc) is 2.81. The van der Waals surface area contributed by atoms with Crippen LogP contribution in [0.5, 0.6) is 0 Å². The maximum atomic E-state index is 4.57. The maximum absolute atomic E-state index is 4.57. The van der Waals surface area contributed by atoms with Crippen molar-refractivity contribution < 1.29 is 0 Å². The fraction of sp³-hybridized carbons (Fsp3) is 0.471. The van der Waals surface area contributed by atoms with Gasteiger partial charge < -0.3 is 5.32 Å². The summed E-state index contributed by atoms with van der Waals surface area (Å²) in [7, 11) is 1.99. The largest absolute Gasteiger partial charge is 0.313 e. The van der Waals surface area contributed by atoms with Crippen molar-refractivity contribution >= 4 is 0 Å². The summed E-state index contributed by atoms with van der Waals surface area (Å²) in [4.78, 5) is 0. The SMILES string of the molecule is CCCNCc1ccc(C)cc1-c1cn(C)nc1CC. The second-order valence-corrected chi connectivity index (χ2v) is 5.35. The van der Waals surface area contributed by atoms with Gasteiger partial charge in [0.05, 0.1) is 5.69 Å². The Kier molecular flexibility index (Phi) is 4.96. The normalized spacial score (nSPS) is 11.0. The van der Waals surface area contributed by atoms with Crippen molar-refractivity contribution in [1.82, 2.24) is 15.1 Å². The Balaban J connectivity index is 2.40. The summed E-state index contributed by atoms with van der Waals surface area (Å²) < 4.78 is 1.92. The maximum Gasteiger partial charge on any atom is 0.0700 e. The Hall–Kier alpha value is -1.61. The number of aromatic nitrogens is 2. The molecular weight excluding hydrogens is 246 g/mol.